The van der Waals surface area contributed by atoms with Crippen molar-refractivity contribution in [2.45, 2.75) is 0 Å². The molecule has 1 aromatic heterocycles. The molecule has 1 heterocycles. The van der Waals surface area contributed by atoms with Gasteiger partial charge in [-0.25, -0.2) is 9.97 Å². The summed E-state index contributed by atoms with van der Waals surface area (Å²) in [6, 6.07) is 9.89. The van der Waals surface area contributed by atoms with E-state index in [1.165, 1.54) is 6.20 Å². The lowest BCUT2D eigenvalue weighted by Gasteiger charge is -2.13. The minimum atomic E-state index is 0.309. The summed E-state index contributed by atoms with van der Waals surface area (Å²) in [5.74, 6) is 0.617. The maximum atomic E-state index is 8.62. The first-order valence-corrected chi connectivity index (χ1v) is 5.45. The highest BCUT2D eigenvalue weighted by molar-refractivity contribution is 5.60. The van der Waals surface area contributed by atoms with Gasteiger partial charge in [0, 0.05) is 25.5 Å². The summed E-state index contributed by atoms with van der Waals surface area (Å²) in [6.45, 7) is 0. The molecule has 0 atom stereocenters. The first-order valence-electron chi connectivity index (χ1n) is 5.45. The van der Waals surface area contributed by atoms with Crippen LogP contribution >= 0.6 is 0 Å². The fourth-order valence-electron chi connectivity index (χ4n) is 1.44. The van der Waals surface area contributed by atoms with E-state index < -0.39 is 0 Å². The van der Waals surface area contributed by atoms with Crippen LogP contribution in [0.25, 0.3) is 0 Å². The van der Waals surface area contributed by atoms with Crippen molar-refractivity contribution in [1.29, 1.82) is 5.26 Å². The molecule has 0 aliphatic carbocycles. The molecule has 0 radical (unpaired) electrons. The Kier molecular flexibility index (Phi) is 3.39. The molecule has 1 N–H and O–H groups in total. The zero-order valence-electron chi connectivity index (χ0n) is 10.3. The topological polar surface area (TPSA) is 64.8 Å². The molecule has 18 heavy (non-hydrogen) atoms. The monoisotopic (exact) mass is 239 g/mol. The quantitative estimate of drug-likeness (QED) is 0.889. The molecule has 0 unspecified atom stereocenters. The summed E-state index contributed by atoms with van der Waals surface area (Å²) < 4.78 is 0. The van der Waals surface area contributed by atoms with Gasteiger partial charge in [0.25, 0.3) is 0 Å². The molecular formula is C13H13N5. The Labute approximate surface area is 106 Å². The van der Waals surface area contributed by atoms with Crippen molar-refractivity contribution in [3.05, 3.63) is 42.4 Å². The number of nitriles is 1. The van der Waals surface area contributed by atoms with Crippen LogP contribution in [0.4, 0.5) is 17.2 Å². The Morgan fingerprint density at radius 1 is 1.11 bits per heavy atom. The molecule has 0 aliphatic heterocycles. The molecule has 2 aromatic rings. The summed E-state index contributed by atoms with van der Waals surface area (Å²) in [5, 5.41) is 11.7. The van der Waals surface area contributed by atoms with Gasteiger partial charge in [0.05, 0.1) is 12.4 Å². The fourth-order valence-corrected chi connectivity index (χ4v) is 1.44. The van der Waals surface area contributed by atoms with E-state index in [0.717, 1.165) is 11.4 Å². The van der Waals surface area contributed by atoms with Crippen LogP contribution in [-0.2, 0) is 0 Å². The zero-order valence-corrected chi connectivity index (χ0v) is 10.3. The number of nitrogens with one attached hydrogen (secondary N) is 1. The van der Waals surface area contributed by atoms with E-state index >= 15 is 0 Å². The molecule has 0 fully saturated rings. The number of benzene rings is 1. The van der Waals surface area contributed by atoms with E-state index in [9.17, 15) is 0 Å². The largest absolute Gasteiger partial charge is 0.378 e. The van der Waals surface area contributed by atoms with Gasteiger partial charge < -0.3 is 10.2 Å². The molecule has 0 saturated carbocycles. The predicted octanol–water partition coefficient (Wildman–Crippen LogP) is 2.16. The van der Waals surface area contributed by atoms with Crippen molar-refractivity contribution < 1.29 is 0 Å². The summed E-state index contributed by atoms with van der Waals surface area (Å²) in [4.78, 5) is 10.1. The van der Waals surface area contributed by atoms with E-state index in [0.29, 0.717) is 11.5 Å². The molecule has 0 aliphatic rings. The molecule has 0 bridgehead atoms. The second-order valence-electron chi connectivity index (χ2n) is 3.96. The van der Waals surface area contributed by atoms with E-state index in [4.69, 9.17) is 5.26 Å². The van der Waals surface area contributed by atoms with Gasteiger partial charge in [-0.2, -0.15) is 5.26 Å². The first kappa shape index (κ1) is 11.9. The van der Waals surface area contributed by atoms with Crippen molar-refractivity contribution in [1.82, 2.24) is 9.97 Å². The Morgan fingerprint density at radius 2 is 1.83 bits per heavy atom. The molecule has 0 spiro atoms. The lowest BCUT2D eigenvalue weighted by molar-refractivity contribution is 1.13. The Balaban J connectivity index is 2.11. The number of rotatable bonds is 3. The Hall–Kier alpha value is -2.61. The van der Waals surface area contributed by atoms with Crippen LogP contribution in [0.2, 0.25) is 0 Å². The number of hydrogen-bond donors (Lipinski definition) is 1. The minimum Gasteiger partial charge on any atom is -0.378 e. The Bertz CT molecular complexity index is 551. The highest BCUT2D eigenvalue weighted by atomic mass is 15.1. The van der Waals surface area contributed by atoms with Crippen molar-refractivity contribution >= 4 is 17.2 Å². The zero-order chi connectivity index (χ0) is 13.0. The molecule has 0 saturated heterocycles. The van der Waals surface area contributed by atoms with E-state index in [1.54, 1.807) is 6.20 Å². The molecule has 1 aromatic carbocycles. The molecule has 5 heteroatoms. The second-order valence-corrected chi connectivity index (χ2v) is 3.96. The standard InChI is InChI=1S/C13H13N5/c1-18(2)12-5-3-10(4-6-12)17-13-9-15-11(7-14)8-16-13/h3-6,8-9H,1-2H3,(H,16,17). The highest BCUT2D eigenvalue weighted by Crippen LogP contribution is 2.18. The van der Waals surface area contributed by atoms with Gasteiger partial charge in [-0.05, 0) is 24.3 Å². The van der Waals surface area contributed by atoms with Gasteiger partial charge in [0.1, 0.15) is 11.9 Å². The fraction of sp³-hybridized carbons (Fsp3) is 0.154. The second kappa shape index (κ2) is 5.15. The SMILES string of the molecule is CN(C)c1ccc(Nc2cnc(C#N)cn2)cc1. The van der Waals surface area contributed by atoms with Crippen LogP contribution in [0, 0.1) is 11.3 Å². The normalized spacial score (nSPS) is 9.61. The number of anilines is 3. The van der Waals surface area contributed by atoms with Gasteiger partial charge in [0.15, 0.2) is 5.69 Å². The van der Waals surface area contributed by atoms with Crippen LogP contribution in [0.1, 0.15) is 5.69 Å². The van der Waals surface area contributed by atoms with Crippen molar-refractivity contribution in [3.8, 4) is 6.07 Å². The van der Waals surface area contributed by atoms with Gasteiger partial charge in [-0.1, -0.05) is 0 Å². The minimum absolute atomic E-state index is 0.309. The molecular weight excluding hydrogens is 226 g/mol. The number of aromatic nitrogens is 2. The first-order chi connectivity index (χ1) is 8.69. The lowest BCUT2D eigenvalue weighted by atomic mass is 10.2. The smallest absolute Gasteiger partial charge is 0.158 e. The van der Waals surface area contributed by atoms with Gasteiger partial charge in [-0.3, -0.25) is 0 Å². The highest BCUT2D eigenvalue weighted by Gasteiger charge is 1.99. The van der Waals surface area contributed by atoms with Crippen molar-refractivity contribution in [2.24, 2.45) is 0 Å². The van der Waals surface area contributed by atoms with Gasteiger partial charge in [-0.15, -0.1) is 0 Å². The summed E-state index contributed by atoms with van der Waals surface area (Å²) in [7, 11) is 3.99. The van der Waals surface area contributed by atoms with Gasteiger partial charge in [0.2, 0.25) is 0 Å². The van der Waals surface area contributed by atoms with E-state index in [-0.39, 0.29) is 0 Å². The van der Waals surface area contributed by atoms with Crippen LogP contribution in [-0.4, -0.2) is 24.1 Å². The third-order valence-corrected chi connectivity index (χ3v) is 2.42. The van der Waals surface area contributed by atoms with Crippen LogP contribution in [0.3, 0.4) is 0 Å². The number of nitrogens with zero attached hydrogens (tertiary/aromatic N) is 4. The maximum absolute atomic E-state index is 8.62. The molecule has 5 nitrogen and oxygen atoms in total. The molecule has 0 amide bonds. The van der Waals surface area contributed by atoms with E-state index in [2.05, 4.69) is 15.3 Å². The third kappa shape index (κ3) is 2.74. The van der Waals surface area contributed by atoms with Gasteiger partial charge >= 0.3 is 0 Å². The van der Waals surface area contributed by atoms with Crippen molar-refractivity contribution in [2.75, 3.05) is 24.3 Å². The molecule has 2 rings (SSSR count). The van der Waals surface area contributed by atoms with Crippen LogP contribution in [0.5, 0.6) is 0 Å². The number of hydrogen-bond acceptors (Lipinski definition) is 5. The lowest BCUT2D eigenvalue weighted by Crippen LogP contribution is -2.08. The predicted molar refractivity (Wildman–Crippen MR) is 70.8 cm³/mol. The Morgan fingerprint density at radius 3 is 2.33 bits per heavy atom. The third-order valence-electron chi connectivity index (χ3n) is 2.42. The molecule has 90 valence electrons. The van der Waals surface area contributed by atoms with E-state index in [1.807, 2.05) is 49.3 Å². The summed E-state index contributed by atoms with van der Waals surface area (Å²) in [6.07, 6.45) is 2.98. The van der Waals surface area contributed by atoms with Crippen LogP contribution < -0.4 is 10.2 Å². The summed E-state index contributed by atoms with van der Waals surface area (Å²) in [5.41, 5.74) is 2.37. The summed E-state index contributed by atoms with van der Waals surface area (Å²) >= 11 is 0. The average Bonchev–Trinajstić information content (AvgIpc) is 2.40. The maximum Gasteiger partial charge on any atom is 0.158 e. The van der Waals surface area contributed by atoms with Crippen molar-refractivity contribution in [3.63, 3.8) is 0 Å². The average molecular weight is 239 g/mol. The van der Waals surface area contributed by atoms with Crippen LogP contribution in [0.15, 0.2) is 36.7 Å².